The number of nitrogens with zero attached hydrogens (tertiary/aromatic N) is 1. The molecular formula is C20H39N3O3. The minimum atomic E-state index is 0.299. The average molecular weight is 370 g/mol. The zero-order valence-electron chi connectivity index (χ0n) is 16.6. The Morgan fingerprint density at radius 3 is 2.27 bits per heavy atom. The van der Waals surface area contributed by atoms with Gasteiger partial charge in [-0.15, -0.1) is 0 Å². The molecule has 0 amide bonds. The topological polar surface area (TPSA) is 64.1 Å². The smallest absolute Gasteiger partial charge is 0.190 e. The fourth-order valence-electron chi connectivity index (χ4n) is 3.49. The van der Waals surface area contributed by atoms with Gasteiger partial charge in [-0.05, 0) is 38.5 Å². The van der Waals surface area contributed by atoms with E-state index in [4.69, 9.17) is 14.2 Å². The van der Waals surface area contributed by atoms with Crippen molar-refractivity contribution in [1.82, 2.24) is 10.6 Å². The molecule has 6 heteroatoms. The molecule has 6 nitrogen and oxygen atoms in total. The van der Waals surface area contributed by atoms with E-state index in [1.165, 1.54) is 38.5 Å². The van der Waals surface area contributed by atoms with Crippen molar-refractivity contribution >= 4 is 5.96 Å². The SMILES string of the molecule is CN=C(NCCCCOC1CCCCCC1)NCCCOC1CCOC1. The zero-order valence-corrected chi connectivity index (χ0v) is 16.6. The van der Waals surface area contributed by atoms with Gasteiger partial charge in [0.15, 0.2) is 5.96 Å². The summed E-state index contributed by atoms with van der Waals surface area (Å²) in [7, 11) is 1.82. The van der Waals surface area contributed by atoms with Crippen molar-refractivity contribution in [2.75, 3.05) is 46.6 Å². The third-order valence-electron chi connectivity index (χ3n) is 5.10. The van der Waals surface area contributed by atoms with Gasteiger partial charge in [0.1, 0.15) is 0 Å². The number of hydrogen-bond acceptors (Lipinski definition) is 4. The summed E-state index contributed by atoms with van der Waals surface area (Å²) in [6, 6.07) is 0. The van der Waals surface area contributed by atoms with Gasteiger partial charge in [0.25, 0.3) is 0 Å². The van der Waals surface area contributed by atoms with Crippen LogP contribution >= 0.6 is 0 Å². The lowest BCUT2D eigenvalue weighted by Crippen LogP contribution is -2.38. The highest BCUT2D eigenvalue weighted by Gasteiger charge is 2.15. The maximum absolute atomic E-state index is 6.03. The lowest BCUT2D eigenvalue weighted by atomic mass is 10.1. The third kappa shape index (κ3) is 9.74. The molecule has 1 atom stereocenters. The number of ether oxygens (including phenoxy) is 3. The number of rotatable bonds is 11. The van der Waals surface area contributed by atoms with E-state index in [0.29, 0.717) is 12.2 Å². The van der Waals surface area contributed by atoms with Crippen LogP contribution in [0.15, 0.2) is 4.99 Å². The van der Waals surface area contributed by atoms with E-state index in [1.54, 1.807) is 0 Å². The largest absolute Gasteiger partial charge is 0.379 e. The molecule has 1 saturated carbocycles. The minimum Gasteiger partial charge on any atom is -0.379 e. The normalized spacial score (nSPS) is 22.3. The summed E-state index contributed by atoms with van der Waals surface area (Å²) in [5.74, 6) is 0.874. The van der Waals surface area contributed by atoms with Crippen LogP contribution in [0.5, 0.6) is 0 Å². The van der Waals surface area contributed by atoms with E-state index >= 15 is 0 Å². The number of hydrogen-bond donors (Lipinski definition) is 2. The molecule has 152 valence electrons. The van der Waals surface area contributed by atoms with Crippen LogP contribution in [0.25, 0.3) is 0 Å². The van der Waals surface area contributed by atoms with Gasteiger partial charge in [0, 0.05) is 40.0 Å². The van der Waals surface area contributed by atoms with Crippen molar-refractivity contribution in [3.05, 3.63) is 0 Å². The molecule has 0 aromatic carbocycles. The first kappa shape index (κ1) is 21.5. The lowest BCUT2D eigenvalue weighted by Gasteiger charge is -2.16. The molecule has 2 aliphatic rings. The highest BCUT2D eigenvalue weighted by molar-refractivity contribution is 5.79. The van der Waals surface area contributed by atoms with Crippen LogP contribution in [0.2, 0.25) is 0 Å². The molecule has 0 radical (unpaired) electrons. The Labute approximate surface area is 159 Å². The fourth-order valence-corrected chi connectivity index (χ4v) is 3.49. The standard InChI is InChI=1S/C20H39N3O3/c1-21-20(23-13-8-15-26-19-11-16-24-17-19)22-12-6-7-14-25-18-9-4-2-3-5-10-18/h18-19H,2-17H2,1H3,(H2,21,22,23). The van der Waals surface area contributed by atoms with Crippen LogP contribution in [0.4, 0.5) is 0 Å². The Balaban J connectivity index is 1.39. The summed E-state index contributed by atoms with van der Waals surface area (Å²) in [6.45, 7) is 5.06. The Morgan fingerprint density at radius 2 is 1.58 bits per heavy atom. The molecule has 0 aromatic heterocycles. The highest BCUT2D eigenvalue weighted by Crippen LogP contribution is 2.19. The summed E-state index contributed by atoms with van der Waals surface area (Å²) in [5.41, 5.74) is 0. The molecule has 1 heterocycles. The summed E-state index contributed by atoms with van der Waals surface area (Å²) < 4.78 is 17.1. The van der Waals surface area contributed by atoms with Crippen molar-refractivity contribution in [2.45, 2.75) is 76.4 Å². The maximum Gasteiger partial charge on any atom is 0.190 e. The van der Waals surface area contributed by atoms with Crippen LogP contribution < -0.4 is 10.6 Å². The van der Waals surface area contributed by atoms with Crippen LogP contribution in [0, 0.1) is 0 Å². The molecule has 2 fully saturated rings. The van der Waals surface area contributed by atoms with E-state index in [1.807, 2.05) is 7.05 Å². The average Bonchev–Trinajstić information content (AvgIpc) is 3.04. The van der Waals surface area contributed by atoms with Crippen molar-refractivity contribution < 1.29 is 14.2 Å². The van der Waals surface area contributed by atoms with Gasteiger partial charge in [0.2, 0.25) is 0 Å². The predicted molar refractivity (Wildman–Crippen MR) is 106 cm³/mol. The Morgan fingerprint density at radius 1 is 0.885 bits per heavy atom. The van der Waals surface area contributed by atoms with E-state index < -0.39 is 0 Å². The van der Waals surface area contributed by atoms with Gasteiger partial charge in [-0.1, -0.05) is 25.7 Å². The van der Waals surface area contributed by atoms with E-state index in [-0.39, 0.29) is 0 Å². The lowest BCUT2D eigenvalue weighted by molar-refractivity contribution is 0.0411. The number of nitrogens with one attached hydrogen (secondary N) is 2. The van der Waals surface area contributed by atoms with E-state index in [2.05, 4.69) is 15.6 Å². The second-order valence-corrected chi connectivity index (χ2v) is 7.33. The summed E-state index contributed by atoms with van der Waals surface area (Å²) >= 11 is 0. The van der Waals surface area contributed by atoms with Crippen LogP contribution in [-0.4, -0.2) is 64.7 Å². The molecule has 1 unspecified atom stereocenters. The molecule has 0 spiro atoms. The molecule has 1 saturated heterocycles. The second-order valence-electron chi connectivity index (χ2n) is 7.33. The minimum absolute atomic E-state index is 0.299. The molecular weight excluding hydrogens is 330 g/mol. The second kappa shape index (κ2) is 14.2. The number of unbranched alkanes of at least 4 members (excludes halogenated alkanes) is 1. The van der Waals surface area contributed by atoms with Gasteiger partial charge in [-0.25, -0.2) is 0 Å². The molecule has 0 aromatic rings. The molecule has 1 aliphatic carbocycles. The Bertz CT molecular complexity index is 365. The van der Waals surface area contributed by atoms with Crippen LogP contribution in [-0.2, 0) is 14.2 Å². The van der Waals surface area contributed by atoms with Gasteiger partial charge in [-0.2, -0.15) is 0 Å². The first-order chi connectivity index (χ1) is 12.9. The van der Waals surface area contributed by atoms with Gasteiger partial charge < -0.3 is 24.8 Å². The molecule has 1 aliphatic heterocycles. The van der Waals surface area contributed by atoms with Crippen LogP contribution in [0.1, 0.15) is 64.2 Å². The van der Waals surface area contributed by atoms with E-state index in [9.17, 15) is 0 Å². The number of aliphatic imine (C=N–C) groups is 1. The zero-order chi connectivity index (χ0) is 18.3. The fraction of sp³-hybridized carbons (Fsp3) is 0.950. The van der Waals surface area contributed by atoms with Crippen molar-refractivity contribution in [3.63, 3.8) is 0 Å². The quantitative estimate of drug-likeness (QED) is 0.254. The highest BCUT2D eigenvalue weighted by atomic mass is 16.5. The first-order valence-electron chi connectivity index (χ1n) is 10.6. The summed E-state index contributed by atoms with van der Waals surface area (Å²) in [4.78, 5) is 4.27. The summed E-state index contributed by atoms with van der Waals surface area (Å²) in [5, 5.41) is 6.71. The van der Waals surface area contributed by atoms with Gasteiger partial charge in [-0.3, -0.25) is 4.99 Å². The molecule has 26 heavy (non-hydrogen) atoms. The van der Waals surface area contributed by atoms with E-state index in [0.717, 1.165) is 71.2 Å². The third-order valence-corrected chi connectivity index (χ3v) is 5.10. The Kier molecular flexibility index (Phi) is 11.7. The predicted octanol–water partition coefficient (Wildman–Crippen LogP) is 2.87. The summed E-state index contributed by atoms with van der Waals surface area (Å²) in [6.07, 6.45) is 13.0. The van der Waals surface area contributed by atoms with Crippen molar-refractivity contribution in [3.8, 4) is 0 Å². The monoisotopic (exact) mass is 369 g/mol. The first-order valence-corrected chi connectivity index (χ1v) is 10.6. The molecule has 0 bridgehead atoms. The van der Waals surface area contributed by atoms with Crippen molar-refractivity contribution in [1.29, 1.82) is 0 Å². The molecule has 2 rings (SSSR count). The van der Waals surface area contributed by atoms with Gasteiger partial charge >= 0.3 is 0 Å². The molecule has 2 N–H and O–H groups in total. The number of guanidine groups is 1. The maximum atomic E-state index is 6.03. The van der Waals surface area contributed by atoms with Crippen molar-refractivity contribution in [2.24, 2.45) is 4.99 Å². The van der Waals surface area contributed by atoms with Crippen LogP contribution in [0.3, 0.4) is 0 Å². The van der Waals surface area contributed by atoms with Gasteiger partial charge in [0.05, 0.1) is 18.8 Å². The Hall–Kier alpha value is -0.850.